The van der Waals surface area contributed by atoms with Crippen LogP contribution in [0.15, 0.2) is 29.3 Å². The molecule has 28 heavy (non-hydrogen) atoms. The Morgan fingerprint density at radius 3 is 2.36 bits per heavy atom. The fourth-order valence-electron chi connectivity index (χ4n) is 4.14. The Morgan fingerprint density at radius 2 is 1.75 bits per heavy atom. The molecule has 0 amide bonds. The fraction of sp³-hybridized carbons (Fsp3) is 0.682. The van der Waals surface area contributed by atoms with Crippen molar-refractivity contribution in [2.45, 2.75) is 50.6 Å². The van der Waals surface area contributed by atoms with Gasteiger partial charge in [0.25, 0.3) is 0 Å². The SMILES string of the molecule is CCN1CCN(Cc2ccc(CNC(=NC)NC3CCC(SC)C3)cc2)CC1. The van der Waals surface area contributed by atoms with Gasteiger partial charge in [-0.05, 0) is 43.2 Å². The van der Waals surface area contributed by atoms with E-state index in [-0.39, 0.29) is 0 Å². The zero-order valence-corrected chi connectivity index (χ0v) is 18.6. The maximum Gasteiger partial charge on any atom is 0.191 e. The Kier molecular flexibility index (Phi) is 8.49. The summed E-state index contributed by atoms with van der Waals surface area (Å²) >= 11 is 1.99. The van der Waals surface area contributed by atoms with Crippen molar-refractivity contribution >= 4 is 17.7 Å². The van der Waals surface area contributed by atoms with Crippen LogP contribution in [-0.2, 0) is 13.1 Å². The summed E-state index contributed by atoms with van der Waals surface area (Å²) in [5, 5.41) is 7.86. The molecule has 0 aromatic heterocycles. The van der Waals surface area contributed by atoms with Crippen LogP contribution < -0.4 is 10.6 Å². The first-order valence-corrected chi connectivity index (χ1v) is 12.0. The highest BCUT2D eigenvalue weighted by atomic mass is 32.2. The second-order valence-corrected chi connectivity index (χ2v) is 9.10. The number of rotatable bonds is 7. The summed E-state index contributed by atoms with van der Waals surface area (Å²) in [5.74, 6) is 0.921. The summed E-state index contributed by atoms with van der Waals surface area (Å²) in [6.45, 7) is 10.1. The summed E-state index contributed by atoms with van der Waals surface area (Å²) in [6, 6.07) is 9.60. The molecule has 5 nitrogen and oxygen atoms in total. The molecule has 1 aliphatic heterocycles. The number of piperazine rings is 1. The van der Waals surface area contributed by atoms with Crippen molar-refractivity contribution in [1.82, 2.24) is 20.4 Å². The van der Waals surface area contributed by atoms with Crippen LogP contribution >= 0.6 is 11.8 Å². The van der Waals surface area contributed by atoms with Crippen LogP contribution in [0.1, 0.15) is 37.3 Å². The molecule has 2 unspecified atom stereocenters. The van der Waals surface area contributed by atoms with Crippen LogP contribution in [0.3, 0.4) is 0 Å². The number of guanidine groups is 1. The van der Waals surface area contributed by atoms with Gasteiger partial charge in [0.2, 0.25) is 0 Å². The molecule has 2 aliphatic rings. The molecule has 1 aromatic carbocycles. The van der Waals surface area contributed by atoms with Crippen LogP contribution in [0.25, 0.3) is 0 Å². The number of nitrogens with zero attached hydrogens (tertiary/aromatic N) is 3. The predicted molar refractivity (Wildman–Crippen MR) is 122 cm³/mol. The Balaban J connectivity index is 1.41. The van der Waals surface area contributed by atoms with Crippen molar-refractivity contribution < 1.29 is 0 Å². The first-order valence-electron chi connectivity index (χ1n) is 10.7. The molecule has 3 rings (SSSR count). The molecule has 1 aromatic rings. The van der Waals surface area contributed by atoms with E-state index in [1.165, 1.54) is 63.1 Å². The number of hydrogen-bond donors (Lipinski definition) is 2. The van der Waals surface area contributed by atoms with Gasteiger partial charge >= 0.3 is 0 Å². The minimum atomic E-state index is 0.555. The Morgan fingerprint density at radius 1 is 1.07 bits per heavy atom. The van der Waals surface area contributed by atoms with Crippen molar-refractivity contribution in [3.63, 3.8) is 0 Å². The maximum absolute atomic E-state index is 4.40. The lowest BCUT2D eigenvalue weighted by molar-refractivity contribution is 0.132. The largest absolute Gasteiger partial charge is 0.354 e. The van der Waals surface area contributed by atoms with E-state index in [1.807, 2.05) is 18.8 Å². The second-order valence-electron chi connectivity index (χ2n) is 7.96. The number of aliphatic imine (C=N–C) groups is 1. The normalized spacial score (nSPS) is 24.5. The third-order valence-electron chi connectivity index (χ3n) is 6.08. The number of benzene rings is 1. The predicted octanol–water partition coefficient (Wildman–Crippen LogP) is 2.77. The monoisotopic (exact) mass is 403 g/mol. The lowest BCUT2D eigenvalue weighted by Crippen LogP contribution is -2.45. The summed E-state index contributed by atoms with van der Waals surface area (Å²) in [5.41, 5.74) is 2.71. The number of likely N-dealkylation sites (N-methyl/N-ethyl adjacent to an activating group) is 1. The van der Waals surface area contributed by atoms with Gasteiger partial charge < -0.3 is 15.5 Å². The molecular formula is C22H37N5S. The lowest BCUT2D eigenvalue weighted by Gasteiger charge is -2.34. The molecule has 2 fully saturated rings. The van der Waals surface area contributed by atoms with Gasteiger partial charge in [-0.15, -0.1) is 0 Å². The average molecular weight is 404 g/mol. The highest BCUT2D eigenvalue weighted by Crippen LogP contribution is 2.28. The van der Waals surface area contributed by atoms with E-state index in [4.69, 9.17) is 0 Å². The first-order chi connectivity index (χ1) is 13.7. The van der Waals surface area contributed by atoms with Crippen molar-refractivity contribution in [3.8, 4) is 0 Å². The van der Waals surface area contributed by atoms with E-state index in [9.17, 15) is 0 Å². The van der Waals surface area contributed by atoms with Crippen molar-refractivity contribution in [3.05, 3.63) is 35.4 Å². The van der Waals surface area contributed by atoms with Gasteiger partial charge in [0.15, 0.2) is 5.96 Å². The Bertz CT molecular complexity index is 610. The van der Waals surface area contributed by atoms with E-state index < -0.39 is 0 Å². The van der Waals surface area contributed by atoms with E-state index in [0.29, 0.717) is 6.04 Å². The molecule has 1 saturated heterocycles. The Labute approximate surface area is 175 Å². The quantitative estimate of drug-likeness (QED) is 0.541. The minimum Gasteiger partial charge on any atom is -0.354 e. The minimum absolute atomic E-state index is 0.555. The van der Waals surface area contributed by atoms with Crippen molar-refractivity contribution in [2.75, 3.05) is 46.0 Å². The van der Waals surface area contributed by atoms with Crippen LogP contribution in [0.2, 0.25) is 0 Å². The number of hydrogen-bond acceptors (Lipinski definition) is 4. The topological polar surface area (TPSA) is 42.9 Å². The van der Waals surface area contributed by atoms with Crippen LogP contribution in [0.4, 0.5) is 0 Å². The average Bonchev–Trinajstić information content (AvgIpc) is 3.20. The summed E-state index contributed by atoms with van der Waals surface area (Å²) < 4.78 is 0. The fourth-order valence-corrected chi connectivity index (χ4v) is 4.94. The third-order valence-corrected chi connectivity index (χ3v) is 7.18. The first kappa shape index (κ1) is 21.5. The van der Waals surface area contributed by atoms with Gasteiger partial charge in [-0.2, -0.15) is 11.8 Å². The van der Waals surface area contributed by atoms with Crippen molar-refractivity contribution in [1.29, 1.82) is 0 Å². The van der Waals surface area contributed by atoms with Gasteiger partial charge in [0.05, 0.1) is 0 Å². The van der Waals surface area contributed by atoms with Crippen molar-refractivity contribution in [2.24, 2.45) is 4.99 Å². The smallest absolute Gasteiger partial charge is 0.191 e. The van der Waals surface area contributed by atoms with E-state index >= 15 is 0 Å². The standard InChI is InChI=1S/C22H37N5S/c1-4-26-11-13-27(14-12-26)17-19-7-5-18(6-8-19)16-24-22(23-2)25-20-9-10-21(15-20)28-3/h5-8,20-21H,4,9-17H2,1-3H3,(H2,23,24,25). The van der Waals surface area contributed by atoms with Gasteiger partial charge in [0, 0.05) is 57.6 Å². The van der Waals surface area contributed by atoms with Gasteiger partial charge in [-0.1, -0.05) is 31.2 Å². The molecule has 2 atom stereocenters. The second kappa shape index (κ2) is 11.1. The van der Waals surface area contributed by atoms with E-state index in [0.717, 1.165) is 24.3 Å². The summed E-state index contributed by atoms with van der Waals surface area (Å²) in [6.07, 6.45) is 6.01. The highest BCUT2D eigenvalue weighted by molar-refractivity contribution is 7.99. The Hall–Kier alpha value is -1.24. The molecule has 1 heterocycles. The highest BCUT2D eigenvalue weighted by Gasteiger charge is 2.24. The molecule has 0 bridgehead atoms. The van der Waals surface area contributed by atoms with Gasteiger partial charge in [-0.25, -0.2) is 0 Å². The van der Waals surface area contributed by atoms with E-state index in [1.54, 1.807) is 0 Å². The maximum atomic E-state index is 4.40. The molecule has 0 spiro atoms. The zero-order valence-electron chi connectivity index (χ0n) is 17.8. The van der Waals surface area contributed by atoms with Gasteiger partial charge in [-0.3, -0.25) is 9.89 Å². The molecule has 156 valence electrons. The van der Waals surface area contributed by atoms with Gasteiger partial charge in [0.1, 0.15) is 0 Å². The molecular weight excluding hydrogens is 366 g/mol. The summed E-state index contributed by atoms with van der Waals surface area (Å²) in [7, 11) is 1.86. The third kappa shape index (κ3) is 6.39. The van der Waals surface area contributed by atoms with Crippen LogP contribution in [-0.4, -0.2) is 73.1 Å². The van der Waals surface area contributed by atoms with E-state index in [2.05, 4.69) is 62.9 Å². The lowest BCUT2D eigenvalue weighted by atomic mass is 10.1. The molecule has 1 saturated carbocycles. The molecule has 0 radical (unpaired) electrons. The van der Waals surface area contributed by atoms with Crippen LogP contribution in [0, 0.1) is 0 Å². The molecule has 2 N–H and O–H groups in total. The van der Waals surface area contributed by atoms with Crippen LogP contribution in [0.5, 0.6) is 0 Å². The zero-order chi connectivity index (χ0) is 19.8. The summed E-state index contributed by atoms with van der Waals surface area (Å²) in [4.78, 5) is 9.49. The number of thioether (sulfide) groups is 1. The molecule has 6 heteroatoms. The molecule has 1 aliphatic carbocycles. The number of nitrogens with one attached hydrogen (secondary N) is 2.